The number of nitrogens with one attached hydrogen (secondary N) is 1. The van der Waals surface area contributed by atoms with Crippen LogP contribution in [0.4, 0.5) is 11.5 Å². The van der Waals surface area contributed by atoms with Crippen LogP contribution in [0, 0.1) is 0 Å². The number of nitrogens with two attached hydrogens (primary N) is 1. The summed E-state index contributed by atoms with van der Waals surface area (Å²) in [7, 11) is 1.48. The third kappa shape index (κ3) is 2.92. The Hall–Kier alpha value is -2.34. The van der Waals surface area contributed by atoms with Gasteiger partial charge in [-0.15, -0.1) is 10.2 Å². The molecule has 0 fully saturated rings. The molecule has 0 spiro atoms. The molecule has 0 saturated carbocycles. The number of para-hydroxylation sites is 1. The second-order valence-corrected chi connectivity index (χ2v) is 4.00. The molecule has 6 nitrogen and oxygen atoms in total. The standard InChI is InChI=1S/C12H11ClN4O2/c1-19-8-4-2-3-7(11(8)14)12(18)15-10-6-5-9(13)16-17-10/h2-6H,14H2,1H3,(H,15,17,18). The van der Waals surface area contributed by atoms with Gasteiger partial charge in [-0.1, -0.05) is 17.7 Å². The van der Waals surface area contributed by atoms with Gasteiger partial charge in [0, 0.05) is 0 Å². The number of nitrogens with zero attached hydrogens (tertiary/aromatic N) is 2. The van der Waals surface area contributed by atoms with E-state index in [2.05, 4.69) is 15.5 Å². The number of methoxy groups -OCH3 is 1. The van der Waals surface area contributed by atoms with Gasteiger partial charge in [0.15, 0.2) is 11.0 Å². The first-order valence-corrected chi connectivity index (χ1v) is 5.72. The monoisotopic (exact) mass is 278 g/mol. The number of amides is 1. The summed E-state index contributed by atoms with van der Waals surface area (Å²) < 4.78 is 5.05. The normalized spacial score (nSPS) is 10.0. The van der Waals surface area contributed by atoms with E-state index in [1.54, 1.807) is 24.3 Å². The molecule has 1 aromatic heterocycles. The van der Waals surface area contributed by atoms with E-state index in [0.717, 1.165) is 0 Å². The van der Waals surface area contributed by atoms with Crippen LogP contribution in [0.2, 0.25) is 5.15 Å². The van der Waals surface area contributed by atoms with Gasteiger partial charge in [-0.2, -0.15) is 0 Å². The Morgan fingerprint density at radius 3 is 2.74 bits per heavy atom. The zero-order chi connectivity index (χ0) is 13.8. The Morgan fingerprint density at radius 2 is 2.11 bits per heavy atom. The lowest BCUT2D eigenvalue weighted by atomic mass is 10.1. The fourth-order valence-corrected chi connectivity index (χ4v) is 1.59. The van der Waals surface area contributed by atoms with Crippen molar-refractivity contribution in [2.75, 3.05) is 18.2 Å². The summed E-state index contributed by atoms with van der Waals surface area (Å²) in [4.78, 5) is 12.0. The smallest absolute Gasteiger partial charge is 0.259 e. The Labute approximate surface area is 114 Å². The highest BCUT2D eigenvalue weighted by molar-refractivity contribution is 6.29. The highest BCUT2D eigenvalue weighted by Gasteiger charge is 2.13. The summed E-state index contributed by atoms with van der Waals surface area (Å²) >= 11 is 5.61. The Kier molecular flexibility index (Phi) is 3.82. The second kappa shape index (κ2) is 5.53. The van der Waals surface area contributed by atoms with Gasteiger partial charge in [0.25, 0.3) is 5.91 Å². The molecular formula is C12H11ClN4O2. The van der Waals surface area contributed by atoms with E-state index in [1.807, 2.05) is 0 Å². The van der Waals surface area contributed by atoms with Crippen LogP contribution in [0.25, 0.3) is 0 Å². The molecule has 0 saturated heterocycles. The van der Waals surface area contributed by atoms with Gasteiger partial charge >= 0.3 is 0 Å². The van der Waals surface area contributed by atoms with Crippen molar-refractivity contribution < 1.29 is 9.53 Å². The number of nitrogen functional groups attached to an aromatic ring is 1. The number of hydrogen-bond donors (Lipinski definition) is 2. The maximum Gasteiger partial charge on any atom is 0.259 e. The van der Waals surface area contributed by atoms with Crippen LogP contribution in [0.3, 0.4) is 0 Å². The average Bonchev–Trinajstić information content (AvgIpc) is 2.41. The minimum Gasteiger partial charge on any atom is -0.495 e. The maximum absolute atomic E-state index is 12.0. The number of anilines is 2. The molecule has 1 heterocycles. The van der Waals surface area contributed by atoms with Crippen LogP contribution in [0.1, 0.15) is 10.4 Å². The largest absolute Gasteiger partial charge is 0.495 e. The summed E-state index contributed by atoms with van der Waals surface area (Å²) in [5.74, 6) is 0.333. The first kappa shape index (κ1) is 13.1. The highest BCUT2D eigenvalue weighted by atomic mass is 35.5. The summed E-state index contributed by atoms with van der Waals surface area (Å²) in [5.41, 5.74) is 6.40. The maximum atomic E-state index is 12.0. The lowest BCUT2D eigenvalue weighted by Gasteiger charge is -2.09. The molecule has 2 aromatic rings. The van der Waals surface area contributed by atoms with Crippen LogP contribution in [-0.2, 0) is 0 Å². The van der Waals surface area contributed by atoms with E-state index >= 15 is 0 Å². The lowest BCUT2D eigenvalue weighted by molar-refractivity contribution is 0.102. The molecule has 0 bridgehead atoms. The predicted molar refractivity (Wildman–Crippen MR) is 72.4 cm³/mol. The SMILES string of the molecule is COc1cccc(C(=O)Nc2ccc(Cl)nn2)c1N. The summed E-state index contributed by atoms with van der Waals surface area (Å²) in [6, 6.07) is 8.02. The summed E-state index contributed by atoms with van der Waals surface area (Å²) in [6.45, 7) is 0. The van der Waals surface area contributed by atoms with Gasteiger partial charge in [0.1, 0.15) is 5.75 Å². The van der Waals surface area contributed by atoms with Crippen LogP contribution >= 0.6 is 11.6 Å². The van der Waals surface area contributed by atoms with Crippen LogP contribution in [-0.4, -0.2) is 23.2 Å². The first-order chi connectivity index (χ1) is 9.11. The van der Waals surface area contributed by atoms with Crippen LogP contribution in [0.5, 0.6) is 5.75 Å². The topological polar surface area (TPSA) is 90.1 Å². The molecule has 0 atom stereocenters. The minimum absolute atomic E-state index is 0.249. The van der Waals surface area contributed by atoms with Crippen LogP contribution < -0.4 is 15.8 Å². The van der Waals surface area contributed by atoms with Crippen molar-refractivity contribution in [3.63, 3.8) is 0 Å². The van der Waals surface area contributed by atoms with Crippen molar-refractivity contribution in [2.24, 2.45) is 0 Å². The van der Waals surface area contributed by atoms with E-state index in [1.165, 1.54) is 13.2 Å². The van der Waals surface area contributed by atoms with Crippen LogP contribution in [0.15, 0.2) is 30.3 Å². The Balaban J connectivity index is 2.23. The van der Waals surface area contributed by atoms with Gasteiger partial charge in [-0.05, 0) is 24.3 Å². The molecule has 98 valence electrons. The number of ether oxygens (including phenoxy) is 1. The molecule has 0 unspecified atom stereocenters. The fraction of sp³-hybridized carbons (Fsp3) is 0.0833. The van der Waals surface area contributed by atoms with E-state index in [4.69, 9.17) is 22.1 Å². The summed E-state index contributed by atoms with van der Waals surface area (Å²) in [5, 5.41) is 10.2. The number of rotatable bonds is 3. The van der Waals surface area contributed by atoms with Gasteiger partial charge in [-0.25, -0.2) is 0 Å². The quantitative estimate of drug-likeness (QED) is 0.838. The third-order valence-electron chi connectivity index (χ3n) is 2.40. The van der Waals surface area contributed by atoms with Gasteiger partial charge in [0.05, 0.1) is 18.4 Å². The van der Waals surface area contributed by atoms with E-state index in [9.17, 15) is 4.79 Å². The zero-order valence-electron chi connectivity index (χ0n) is 10.1. The van der Waals surface area contributed by atoms with Crippen molar-refractivity contribution in [1.29, 1.82) is 0 Å². The number of carbonyl (C=O) groups is 1. The Morgan fingerprint density at radius 1 is 1.32 bits per heavy atom. The molecular weight excluding hydrogens is 268 g/mol. The van der Waals surface area contributed by atoms with Crippen molar-refractivity contribution in [3.8, 4) is 5.75 Å². The van der Waals surface area contributed by atoms with E-state index in [0.29, 0.717) is 11.3 Å². The molecule has 0 aliphatic heterocycles. The molecule has 2 rings (SSSR count). The van der Waals surface area contributed by atoms with Crippen molar-refractivity contribution >= 4 is 29.0 Å². The fourth-order valence-electron chi connectivity index (χ4n) is 1.49. The van der Waals surface area contributed by atoms with E-state index in [-0.39, 0.29) is 16.7 Å². The summed E-state index contributed by atoms with van der Waals surface area (Å²) in [6.07, 6.45) is 0. The molecule has 0 radical (unpaired) electrons. The number of aromatic nitrogens is 2. The minimum atomic E-state index is -0.395. The predicted octanol–water partition coefficient (Wildman–Crippen LogP) is 1.97. The lowest BCUT2D eigenvalue weighted by Crippen LogP contribution is -2.15. The van der Waals surface area contributed by atoms with E-state index < -0.39 is 5.91 Å². The van der Waals surface area contributed by atoms with Crippen molar-refractivity contribution in [2.45, 2.75) is 0 Å². The molecule has 7 heteroatoms. The molecule has 19 heavy (non-hydrogen) atoms. The van der Waals surface area contributed by atoms with Gasteiger partial charge in [-0.3, -0.25) is 4.79 Å². The molecule has 0 aliphatic rings. The molecule has 1 aromatic carbocycles. The number of hydrogen-bond acceptors (Lipinski definition) is 5. The van der Waals surface area contributed by atoms with Crippen molar-refractivity contribution in [1.82, 2.24) is 10.2 Å². The molecule has 3 N–H and O–H groups in total. The third-order valence-corrected chi connectivity index (χ3v) is 2.61. The number of halogens is 1. The van der Waals surface area contributed by atoms with Gasteiger partial charge in [0.2, 0.25) is 0 Å². The van der Waals surface area contributed by atoms with Gasteiger partial charge < -0.3 is 15.8 Å². The average molecular weight is 279 g/mol. The second-order valence-electron chi connectivity index (χ2n) is 3.62. The van der Waals surface area contributed by atoms with Crippen molar-refractivity contribution in [3.05, 3.63) is 41.0 Å². The molecule has 0 aliphatic carbocycles. The zero-order valence-corrected chi connectivity index (χ0v) is 10.8. The highest BCUT2D eigenvalue weighted by Crippen LogP contribution is 2.25. The molecule has 1 amide bonds. The first-order valence-electron chi connectivity index (χ1n) is 5.35. The number of benzene rings is 1. The number of carbonyl (C=O) groups excluding carboxylic acids is 1. The Bertz CT molecular complexity index is 601.